The number of halogens is 1. The Morgan fingerprint density at radius 2 is 1.81 bits per heavy atom. The fraction of sp³-hybridized carbons (Fsp3) is 0.304. The summed E-state index contributed by atoms with van der Waals surface area (Å²) in [5, 5.41) is 0.706. The summed E-state index contributed by atoms with van der Waals surface area (Å²) < 4.78 is 46.7. The number of aromatic amines is 1. The molecule has 0 saturated carbocycles. The van der Waals surface area contributed by atoms with Crippen LogP contribution in [0.5, 0.6) is 0 Å². The molecule has 168 valence electrons. The van der Waals surface area contributed by atoms with E-state index in [2.05, 4.69) is 4.98 Å². The van der Waals surface area contributed by atoms with E-state index in [4.69, 9.17) is 4.74 Å². The number of hydrogen-bond donors (Lipinski definition) is 1. The summed E-state index contributed by atoms with van der Waals surface area (Å²) in [6.45, 7) is 2.07. The molecule has 32 heavy (non-hydrogen) atoms. The van der Waals surface area contributed by atoms with Gasteiger partial charge in [-0.15, -0.1) is 0 Å². The number of piperidine rings is 1. The third kappa shape index (κ3) is 4.18. The molecule has 0 aliphatic carbocycles. The van der Waals surface area contributed by atoms with Crippen LogP contribution in [0.3, 0.4) is 0 Å². The molecule has 1 aliphatic rings. The molecule has 1 aliphatic heterocycles. The number of hydrogen-bond acceptors (Lipinski definition) is 5. The number of nitrogens with zero attached hydrogens (tertiary/aromatic N) is 1. The Kier molecular flexibility index (Phi) is 6.12. The first-order valence-corrected chi connectivity index (χ1v) is 11.8. The minimum Gasteiger partial charge on any atom is -0.451 e. The van der Waals surface area contributed by atoms with Gasteiger partial charge in [-0.2, -0.15) is 4.31 Å². The number of sulfonamides is 1. The molecule has 2 heterocycles. The van der Waals surface area contributed by atoms with Gasteiger partial charge in [0.05, 0.1) is 5.56 Å². The lowest BCUT2D eigenvalue weighted by atomic mass is 10.1. The van der Waals surface area contributed by atoms with Crippen molar-refractivity contribution in [2.24, 2.45) is 0 Å². The normalized spacial score (nSPS) is 16.1. The van der Waals surface area contributed by atoms with E-state index in [1.54, 1.807) is 18.3 Å². The minimum absolute atomic E-state index is 0.138. The molecule has 0 amide bonds. The van der Waals surface area contributed by atoms with E-state index in [0.29, 0.717) is 36.9 Å². The molecule has 1 atom stereocenters. The van der Waals surface area contributed by atoms with E-state index in [-0.39, 0.29) is 5.56 Å². The van der Waals surface area contributed by atoms with E-state index in [0.717, 1.165) is 30.1 Å². The van der Waals surface area contributed by atoms with Crippen LogP contribution in [0.2, 0.25) is 0 Å². The van der Waals surface area contributed by atoms with Crippen LogP contribution in [0.25, 0.3) is 10.9 Å². The number of Topliss-reactive ketones (excluding diaryl/α,β-unsaturated/α-hetero) is 1. The highest BCUT2D eigenvalue weighted by atomic mass is 32.2. The summed E-state index contributed by atoms with van der Waals surface area (Å²) in [7, 11) is -4.07. The first-order valence-electron chi connectivity index (χ1n) is 10.4. The monoisotopic (exact) mass is 458 g/mol. The quantitative estimate of drug-likeness (QED) is 0.446. The maximum absolute atomic E-state index is 14.4. The third-order valence-corrected chi connectivity index (χ3v) is 7.52. The van der Waals surface area contributed by atoms with Crippen molar-refractivity contribution in [2.45, 2.75) is 37.2 Å². The van der Waals surface area contributed by atoms with Crippen molar-refractivity contribution < 1.29 is 27.1 Å². The Bertz CT molecular complexity index is 1280. The molecule has 1 aromatic heterocycles. The number of ketones is 1. The number of nitrogens with one attached hydrogen (secondary N) is 1. The number of esters is 1. The van der Waals surface area contributed by atoms with Gasteiger partial charge >= 0.3 is 5.97 Å². The second kappa shape index (κ2) is 8.84. The molecule has 1 fully saturated rings. The van der Waals surface area contributed by atoms with Crippen LogP contribution in [0.15, 0.2) is 53.6 Å². The maximum Gasteiger partial charge on any atom is 0.338 e. The van der Waals surface area contributed by atoms with Crippen molar-refractivity contribution in [3.63, 3.8) is 0 Å². The highest BCUT2D eigenvalue weighted by Crippen LogP contribution is 2.25. The summed E-state index contributed by atoms with van der Waals surface area (Å²) in [4.78, 5) is 27.9. The van der Waals surface area contributed by atoms with Crippen LogP contribution in [-0.4, -0.2) is 48.7 Å². The number of fused-ring (bicyclic) bond motifs is 1. The number of rotatable bonds is 6. The van der Waals surface area contributed by atoms with Crippen molar-refractivity contribution in [3.05, 3.63) is 65.6 Å². The molecule has 0 radical (unpaired) electrons. The van der Waals surface area contributed by atoms with Crippen molar-refractivity contribution in [2.75, 3.05) is 13.1 Å². The van der Waals surface area contributed by atoms with Gasteiger partial charge in [0.15, 0.2) is 6.10 Å². The first-order chi connectivity index (χ1) is 15.3. The van der Waals surface area contributed by atoms with Crippen LogP contribution in [-0.2, 0) is 14.8 Å². The Morgan fingerprint density at radius 1 is 1.09 bits per heavy atom. The molecule has 0 bridgehead atoms. The van der Waals surface area contributed by atoms with Crippen molar-refractivity contribution in [3.8, 4) is 0 Å². The topological polar surface area (TPSA) is 96.5 Å². The zero-order valence-corrected chi connectivity index (χ0v) is 18.3. The standard InChI is InChI=1S/C23H23FN2O5S/c1-15(22(27)18-14-25-20-8-4-3-7-17(18)20)31-23(28)16-9-10-19(24)21(13-16)32(29,30)26-11-5-2-6-12-26/h3-4,7-10,13-15,25H,2,5-6,11-12H2,1H3. The molecule has 2 aromatic carbocycles. The van der Waals surface area contributed by atoms with Crippen LogP contribution in [0.4, 0.5) is 4.39 Å². The average Bonchev–Trinajstić information content (AvgIpc) is 3.23. The second-order valence-electron chi connectivity index (χ2n) is 7.77. The highest BCUT2D eigenvalue weighted by molar-refractivity contribution is 7.89. The minimum atomic E-state index is -4.07. The molecule has 1 unspecified atom stereocenters. The average molecular weight is 459 g/mol. The lowest BCUT2D eigenvalue weighted by molar-refractivity contribution is 0.0319. The SMILES string of the molecule is CC(OC(=O)c1ccc(F)c(S(=O)(=O)N2CCCCC2)c1)C(=O)c1c[nH]c2ccccc12. The van der Waals surface area contributed by atoms with Gasteiger partial charge in [-0.05, 0) is 44.0 Å². The Balaban J connectivity index is 1.54. The fourth-order valence-electron chi connectivity index (χ4n) is 3.85. The zero-order chi connectivity index (χ0) is 22.9. The third-order valence-electron chi connectivity index (χ3n) is 5.61. The predicted octanol–water partition coefficient (Wildman–Crippen LogP) is 3.91. The zero-order valence-electron chi connectivity index (χ0n) is 17.5. The molecular formula is C23H23FN2O5S. The summed E-state index contributed by atoms with van der Waals surface area (Å²) >= 11 is 0. The van der Waals surface area contributed by atoms with Crippen molar-refractivity contribution >= 4 is 32.7 Å². The van der Waals surface area contributed by atoms with Gasteiger partial charge in [0.25, 0.3) is 0 Å². The number of carbonyl (C=O) groups is 2. The van der Waals surface area contributed by atoms with Gasteiger partial charge in [0.1, 0.15) is 10.7 Å². The number of benzene rings is 2. The summed E-state index contributed by atoms with van der Waals surface area (Å²) in [6.07, 6.45) is 2.77. The van der Waals surface area contributed by atoms with Crippen LogP contribution in [0, 0.1) is 5.82 Å². The maximum atomic E-state index is 14.4. The molecule has 1 saturated heterocycles. The Labute approximate surface area is 185 Å². The second-order valence-corrected chi connectivity index (χ2v) is 9.68. The van der Waals surface area contributed by atoms with Crippen molar-refractivity contribution in [1.29, 1.82) is 0 Å². The smallest absolute Gasteiger partial charge is 0.338 e. The summed E-state index contributed by atoms with van der Waals surface area (Å²) in [5.74, 6) is -2.24. The lowest BCUT2D eigenvalue weighted by Gasteiger charge is -2.26. The number of H-pyrrole nitrogens is 1. The van der Waals surface area contributed by atoms with Crippen LogP contribution < -0.4 is 0 Å². The molecule has 3 aromatic rings. The molecule has 9 heteroatoms. The van der Waals surface area contributed by atoms with E-state index >= 15 is 0 Å². The Hall–Kier alpha value is -3.04. The molecular weight excluding hydrogens is 435 g/mol. The van der Waals surface area contributed by atoms with Gasteiger partial charge < -0.3 is 9.72 Å². The largest absolute Gasteiger partial charge is 0.451 e. The van der Waals surface area contributed by atoms with Crippen LogP contribution >= 0.6 is 0 Å². The highest BCUT2D eigenvalue weighted by Gasteiger charge is 2.30. The predicted molar refractivity (Wildman–Crippen MR) is 117 cm³/mol. The van der Waals surface area contributed by atoms with Crippen LogP contribution in [0.1, 0.15) is 46.9 Å². The number of ether oxygens (including phenoxy) is 1. The van der Waals surface area contributed by atoms with Gasteiger partial charge in [-0.3, -0.25) is 4.79 Å². The molecule has 7 nitrogen and oxygen atoms in total. The van der Waals surface area contributed by atoms with Gasteiger partial charge in [-0.1, -0.05) is 24.6 Å². The van der Waals surface area contributed by atoms with E-state index in [9.17, 15) is 22.4 Å². The van der Waals surface area contributed by atoms with E-state index in [1.165, 1.54) is 11.2 Å². The first kappa shape index (κ1) is 22.2. The van der Waals surface area contributed by atoms with Gasteiger partial charge in [0, 0.05) is 35.8 Å². The van der Waals surface area contributed by atoms with Gasteiger partial charge in [0.2, 0.25) is 15.8 Å². The molecule has 0 spiro atoms. The number of carbonyl (C=O) groups excluding carboxylic acids is 2. The molecule has 4 rings (SSSR count). The van der Waals surface area contributed by atoms with Crippen molar-refractivity contribution in [1.82, 2.24) is 9.29 Å². The number of para-hydroxylation sites is 1. The summed E-state index contributed by atoms with van der Waals surface area (Å²) in [6, 6.07) is 10.3. The molecule has 1 N–H and O–H groups in total. The van der Waals surface area contributed by atoms with Gasteiger partial charge in [-0.25, -0.2) is 17.6 Å². The summed E-state index contributed by atoms with van der Waals surface area (Å²) in [5.41, 5.74) is 1.02. The number of aromatic nitrogens is 1. The lowest BCUT2D eigenvalue weighted by Crippen LogP contribution is -2.36. The van der Waals surface area contributed by atoms with E-state index < -0.39 is 38.6 Å². The fourth-order valence-corrected chi connectivity index (χ4v) is 5.46. The Morgan fingerprint density at radius 3 is 2.56 bits per heavy atom. The van der Waals surface area contributed by atoms with E-state index in [1.807, 2.05) is 12.1 Å².